The van der Waals surface area contributed by atoms with Crippen molar-refractivity contribution in [2.24, 2.45) is 5.92 Å². The predicted molar refractivity (Wildman–Crippen MR) is 164 cm³/mol. The Hall–Kier alpha value is -4.68. The lowest BCUT2D eigenvalue weighted by molar-refractivity contribution is -0.121. The van der Waals surface area contributed by atoms with Crippen LogP contribution in [0.3, 0.4) is 0 Å². The molecule has 0 radical (unpaired) electrons. The summed E-state index contributed by atoms with van der Waals surface area (Å²) in [6.07, 6.45) is 3.98. The van der Waals surface area contributed by atoms with Gasteiger partial charge in [-0.25, -0.2) is 0 Å². The molecule has 0 aromatic heterocycles. The van der Waals surface area contributed by atoms with Gasteiger partial charge < -0.3 is 15.0 Å². The fourth-order valence-electron chi connectivity index (χ4n) is 7.04. The minimum Gasteiger partial charge on any atom is -0.497 e. The normalized spacial score (nSPS) is 23.3. The second-order valence-electron chi connectivity index (χ2n) is 11.0. The maximum Gasteiger partial charge on any atom is 0.238 e. The van der Waals surface area contributed by atoms with Crippen LogP contribution in [0.4, 0.5) is 11.4 Å². The molecule has 0 bridgehead atoms. The first-order chi connectivity index (χ1) is 20.3. The van der Waals surface area contributed by atoms with Gasteiger partial charge in [0.25, 0.3) is 0 Å². The van der Waals surface area contributed by atoms with Crippen LogP contribution < -0.4 is 15.0 Å². The second-order valence-corrected chi connectivity index (χ2v) is 11.5. The SMILES string of the molecule is COc1cccc(C(=O)[C@@H]2[C@@H](C(=O)c3ccc(Cl)cc3)N3c4ccc(C)cc4C=C[C@@H]3[C@@]23C(=O)Nc2ccccc23)c1. The van der Waals surface area contributed by atoms with Gasteiger partial charge in [0.2, 0.25) is 5.91 Å². The molecule has 7 heteroatoms. The highest BCUT2D eigenvalue weighted by Crippen LogP contribution is 2.58. The number of hydrogen-bond acceptors (Lipinski definition) is 5. The van der Waals surface area contributed by atoms with Gasteiger partial charge in [0.15, 0.2) is 11.6 Å². The number of ketones is 2. The Morgan fingerprint density at radius 2 is 1.69 bits per heavy atom. The van der Waals surface area contributed by atoms with Gasteiger partial charge in [-0.2, -0.15) is 0 Å². The number of rotatable bonds is 5. The molecule has 1 saturated heterocycles. The summed E-state index contributed by atoms with van der Waals surface area (Å²) in [5, 5.41) is 3.56. The monoisotopic (exact) mass is 574 g/mol. The molecule has 4 aromatic rings. The zero-order chi connectivity index (χ0) is 29.2. The zero-order valence-corrected chi connectivity index (χ0v) is 23.8. The topological polar surface area (TPSA) is 75.7 Å². The molecule has 3 heterocycles. The van der Waals surface area contributed by atoms with E-state index in [2.05, 4.69) is 11.4 Å². The summed E-state index contributed by atoms with van der Waals surface area (Å²) >= 11 is 6.18. The number of aryl methyl sites for hydroxylation is 1. The maximum atomic E-state index is 14.9. The molecule has 3 aliphatic heterocycles. The van der Waals surface area contributed by atoms with Crippen molar-refractivity contribution >= 4 is 46.5 Å². The van der Waals surface area contributed by atoms with Crippen LogP contribution in [0.2, 0.25) is 5.02 Å². The maximum absolute atomic E-state index is 14.9. The number of fused-ring (bicyclic) bond motifs is 6. The number of ether oxygens (including phenoxy) is 1. The molecule has 7 rings (SSSR count). The average Bonchev–Trinajstić information content (AvgIpc) is 3.49. The fraction of sp³-hybridized carbons (Fsp3) is 0.171. The molecule has 1 spiro atoms. The van der Waals surface area contributed by atoms with E-state index < -0.39 is 23.4 Å². The van der Waals surface area contributed by atoms with E-state index in [4.69, 9.17) is 16.3 Å². The van der Waals surface area contributed by atoms with Crippen molar-refractivity contribution in [3.63, 3.8) is 0 Å². The number of amides is 1. The molecule has 4 aromatic carbocycles. The average molecular weight is 575 g/mol. The number of para-hydroxylation sites is 1. The van der Waals surface area contributed by atoms with Crippen molar-refractivity contribution in [2.75, 3.05) is 17.3 Å². The molecule has 1 N–H and O–H groups in total. The third kappa shape index (κ3) is 3.68. The van der Waals surface area contributed by atoms with Gasteiger partial charge in [-0.3, -0.25) is 14.4 Å². The van der Waals surface area contributed by atoms with Crippen LogP contribution in [-0.2, 0) is 10.2 Å². The van der Waals surface area contributed by atoms with Crippen LogP contribution in [0.5, 0.6) is 5.75 Å². The van der Waals surface area contributed by atoms with Crippen molar-refractivity contribution in [1.82, 2.24) is 0 Å². The Kier molecular flexibility index (Phi) is 6.06. The summed E-state index contributed by atoms with van der Waals surface area (Å²) in [6, 6.07) is 25.5. The number of nitrogens with zero attached hydrogens (tertiary/aromatic N) is 1. The van der Waals surface area contributed by atoms with Crippen molar-refractivity contribution in [1.29, 1.82) is 0 Å². The molecule has 6 nitrogen and oxygen atoms in total. The lowest BCUT2D eigenvalue weighted by Crippen LogP contribution is -2.51. The molecule has 208 valence electrons. The van der Waals surface area contributed by atoms with E-state index in [1.165, 1.54) is 7.11 Å². The van der Waals surface area contributed by atoms with Gasteiger partial charge >= 0.3 is 0 Å². The number of halogens is 1. The summed E-state index contributed by atoms with van der Waals surface area (Å²) in [5.41, 5.74) is 3.57. The Labute approximate surface area is 248 Å². The van der Waals surface area contributed by atoms with E-state index in [9.17, 15) is 14.4 Å². The summed E-state index contributed by atoms with van der Waals surface area (Å²) in [6.45, 7) is 2.01. The highest BCUT2D eigenvalue weighted by molar-refractivity contribution is 6.30. The van der Waals surface area contributed by atoms with Crippen LogP contribution in [0.1, 0.15) is 37.4 Å². The number of nitrogens with one attached hydrogen (secondary N) is 1. The third-order valence-corrected chi connectivity index (χ3v) is 9.07. The second kappa shape index (κ2) is 9.71. The fourth-order valence-corrected chi connectivity index (χ4v) is 7.17. The number of benzene rings is 4. The van der Waals surface area contributed by atoms with Crippen LogP contribution in [0.25, 0.3) is 6.08 Å². The summed E-state index contributed by atoms with van der Waals surface area (Å²) in [7, 11) is 1.54. The third-order valence-electron chi connectivity index (χ3n) is 8.82. The predicted octanol–water partition coefficient (Wildman–Crippen LogP) is 6.51. The van der Waals surface area contributed by atoms with E-state index in [-0.39, 0.29) is 17.5 Å². The summed E-state index contributed by atoms with van der Waals surface area (Å²) in [4.78, 5) is 46.0. The van der Waals surface area contributed by atoms with Crippen LogP contribution >= 0.6 is 11.6 Å². The molecule has 1 amide bonds. The Bertz CT molecular complexity index is 1810. The van der Waals surface area contributed by atoms with E-state index in [1.54, 1.807) is 48.5 Å². The molecule has 4 atom stereocenters. The van der Waals surface area contributed by atoms with Gasteiger partial charge in [-0.1, -0.05) is 65.7 Å². The lowest BCUT2D eigenvalue weighted by atomic mass is 9.64. The first-order valence-electron chi connectivity index (χ1n) is 13.8. The van der Waals surface area contributed by atoms with Crippen molar-refractivity contribution in [2.45, 2.75) is 24.4 Å². The first kappa shape index (κ1) is 26.2. The molecule has 1 fully saturated rings. The molecule has 0 unspecified atom stereocenters. The first-order valence-corrected chi connectivity index (χ1v) is 14.2. The zero-order valence-electron chi connectivity index (χ0n) is 23.0. The summed E-state index contributed by atoms with van der Waals surface area (Å²) < 4.78 is 5.44. The molecule has 42 heavy (non-hydrogen) atoms. The summed E-state index contributed by atoms with van der Waals surface area (Å²) in [5.74, 6) is -1.40. The Morgan fingerprint density at radius 3 is 2.48 bits per heavy atom. The van der Waals surface area contributed by atoms with E-state index in [1.807, 2.05) is 60.4 Å². The highest BCUT2D eigenvalue weighted by Gasteiger charge is 2.70. The largest absolute Gasteiger partial charge is 0.497 e. The van der Waals surface area contributed by atoms with Gasteiger partial charge in [0.1, 0.15) is 17.2 Å². The standard InChI is InChI=1S/C35H27ClN2O4/c1-20-10-16-28-22(18-20)13-17-29-35(26-8-3-4-9-27(26)37-34(35)41)30(32(39)23-6-5-7-25(19-23)42-2)31(38(28)29)33(40)21-11-14-24(36)15-12-21/h3-19,29-31H,1-2H3,(H,37,41)/t29-,30+,31+,35-/m1/s1. The van der Waals surface area contributed by atoms with Crippen LogP contribution in [0, 0.1) is 12.8 Å². The minimum atomic E-state index is -1.37. The van der Waals surface area contributed by atoms with E-state index in [0.29, 0.717) is 33.1 Å². The smallest absolute Gasteiger partial charge is 0.238 e. The van der Waals surface area contributed by atoms with Crippen LogP contribution in [-0.4, -0.2) is 36.7 Å². The number of hydrogen-bond donors (Lipinski definition) is 1. The van der Waals surface area contributed by atoms with Crippen LogP contribution in [0.15, 0.2) is 97.1 Å². The highest BCUT2D eigenvalue weighted by atomic mass is 35.5. The number of anilines is 2. The number of carbonyl (C=O) groups excluding carboxylic acids is 3. The Morgan fingerprint density at radius 1 is 0.905 bits per heavy atom. The van der Waals surface area contributed by atoms with Gasteiger partial charge in [0, 0.05) is 27.5 Å². The molecular formula is C35H27ClN2O4. The molecular weight excluding hydrogens is 548 g/mol. The van der Waals surface area contributed by atoms with E-state index >= 15 is 0 Å². The molecule has 3 aliphatic rings. The minimum absolute atomic E-state index is 0.256. The van der Waals surface area contributed by atoms with Gasteiger partial charge in [-0.05, 0) is 72.6 Å². The number of carbonyl (C=O) groups is 3. The van der Waals surface area contributed by atoms with Gasteiger partial charge in [0.05, 0.1) is 19.1 Å². The molecule has 0 saturated carbocycles. The van der Waals surface area contributed by atoms with Crippen molar-refractivity contribution in [3.8, 4) is 5.75 Å². The number of methoxy groups -OCH3 is 1. The van der Waals surface area contributed by atoms with Crippen molar-refractivity contribution < 1.29 is 19.1 Å². The Balaban J connectivity index is 1.53. The molecule has 0 aliphatic carbocycles. The quantitative estimate of drug-likeness (QED) is 0.275. The lowest BCUT2D eigenvalue weighted by Gasteiger charge is -2.37. The van der Waals surface area contributed by atoms with Crippen molar-refractivity contribution in [3.05, 3.63) is 130 Å². The van der Waals surface area contributed by atoms with Gasteiger partial charge in [-0.15, -0.1) is 0 Å². The van der Waals surface area contributed by atoms with E-state index in [0.717, 1.165) is 16.8 Å². The number of Topliss-reactive ketones (excluding diaryl/α,β-unsaturated/α-hetero) is 2.